The maximum Gasteiger partial charge on any atom is 0.522 e. The smallest absolute Gasteiger partial charge is 0.367 e. The number of hydrogen-bond donors (Lipinski definition) is 0. The predicted molar refractivity (Wildman–Crippen MR) is 33.5 cm³/mol. The Morgan fingerprint density at radius 3 is 1.86 bits per heavy atom. The third-order valence-corrected chi connectivity index (χ3v) is 1.18. The van der Waals surface area contributed by atoms with Gasteiger partial charge in [-0.25, -0.2) is 0 Å². The first-order valence-electron chi connectivity index (χ1n) is 3.52. The quantitative estimate of drug-likeness (QED) is 0.541. The van der Waals surface area contributed by atoms with Crippen LogP contribution in [0.3, 0.4) is 0 Å². The first-order valence-corrected chi connectivity index (χ1v) is 3.52. The summed E-state index contributed by atoms with van der Waals surface area (Å²) in [7, 11) is 0. The molecule has 0 aromatic rings. The molecule has 14 heavy (non-hydrogen) atoms. The van der Waals surface area contributed by atoms with Crippen molar-refractivity contribution in [2.75, 3.05) is 13.2 Å². The van der Waals surface area contributed by atoms with Crippen LogP contribution < -0.4 is 0 Å². The molecule has 0 aromatic heterocycles. The highest BCUT2D eigenvalue weighted by molar-refractivity contribution is 4.60. The first kappa shape index (κ1) is 13.5. The molecule has 0 bridgehead atoms. The zero-order valence-corrected chi connectivity index (χ0v) is 7.08. The van der Waals surface area contributed by atoms with Gasteiger partial charge in [-0.2, -0.15) is 13.2 Å². The van der Waals surface area contributed by atoms with Crippen LogP contribution in [0.2, 0.25) is 0 Å². The second kappa shape index (κ2) is 4.83. The maximum absolute atomic E-state index is 11.7. The molecule has 0 aliphatic rings. The molecule has 0 heterocycles. The Hall–Kier alpha value is -0.500. The number of halogens is 6. The van der Waals surface area contributed by atoms with Crippen molar-refractivity contribution in [3.63, 3.8) is 0 Å². The van der Waals surface area contributed by atoms with Gasteiger partial charge in [-0.1, -0.05) is 0 Å². The summed E-state index contributed by atoms with van der Waals surface area (Å²) < 4.78 is 76.4. The summed E-state index contributed by atoms with van der Waals surface area (Å²) in [4.78, 5) is 0. The van der Waals surface area contributed by atoms with Gasteiger partial charge in [-0.3, -0.25) is 4.74 Å². The van der Waals surface area contributed by atoms with Crippen LogP contribution >= 0.6 is 0 Å². The highest BCUT2D eigenvalue weighted by Gasteiger charge is 2.37. The minimum Gasteiger partial charge on any atom is -0.367 e. The normalized spacial score (nSPS) is 15.6. The van der Waals surface area contributed by atoms with E-state index >= 15 is 0 Å². The van der Waals surface area contributed by atoms with Crippen LogP contribution in [-0.4, -0.2) is 31.9 Å². The van der Waals surface area contributed by atoms with E-state index in [0.717, 1.165) is 0 Å². The Kier molecular flexibility index (Phi) is 4.66. The van der Waals surface area contributed by atoms with E-state index in [1.807, 2.05) is 0 Å². The van der Waals surface area contributed by atoms with Gasteiger partial charge in [-0.15, -0.1) is 13.2 Å². The molecule has 0 aromatic carbocycles. The van der Waals surface area contributed by atoms with Gasteiger partial charge in [0, 0.05) is 0 Å². The van der Waals surface area contributed by atoms with Gasteiger partial charge in [0.15, 0.2) is 6.10 Å². The molecule has 2 nitrogen and oxygen atoms in total. The van der Waals surface area contributed by atoms with Crippen LogP contribution in [0.15, 0.2) is 0 Å². The van der Waals surface area contributed by atoms with Gasteiger partial charge in [0.2, 0.25) is 0 Å². The zero-order valence-electron chi connectivity index (χ0n) is 7.08. The molecule has 0 aliphatic carbocycles. The van der Waals surface area contributed by atoms with Crippen LogP contribution in [-0.2, 0) is 9.47 Å². The molecule has 0 aliphatic heterocycles. The number of hydrogen-bond acceptors (Lipinski definition) is 2. The lowest BCUT2D eigenvalue weighted by molar-refractivity contribution is -0.329. The Balaban J connectivity index is 3.56. The van der Waals surface area contributed by atoms with Crippen LogP contribution in [0, 0.1) is 0 Å². The maximum atomic E-state index is 11.7. The van der Waals surface area contributed by atoms with Gasteiger partial charge in [-0.05, 0) is 6.92 Å². The molecule has 86 valence electrons. The second-order valence-electron chi connectivity index (χ2n) is 2.35. The minimum atomic E-state index is -4.84. The van der Waals surface area contributed by atoms with Gasteiger partial charge in [0.25, 0.3) is 0 Å². The summed E-state index contributed by atoms with van der Waals surface area (Å²) in [5.41, 5.74) is 0. The first-order chi connectivity index (χ1) is 6.13. The van der Waals surface area contributed by atoms with Crippen molar-refractivity contribution in [3.8, 4) is 0 Å². The lowest BCUT2D eigenvalue weighted by atomic mass is 10.4. The zero-order chi connectivity index (χ0) is 11.4. The molecule has 1 atom stereocenters. The van der Waals surface area contributed by atoms with E-state index in [0.29, 0.717) is 6.92 Å². The molecule has 0 N–H and O–H groups in total. The van der Waals surface area contributed by atoms with Crippen LogP contribution in [0.5, 0.6) is 0 Å². The van der Waals surface area contributed by atoms with E-state index in [1.165, 1.54) is 0 Å². The lowest BCUT2D eigenvalue weighted by Crippen LogP contribution is -2.30. The van der Waals surface area contributed by atoms with Crippen molar-refractivity contribution in [2.45, 2.75) is 25.6 Å². The molecule has 8 heteroatoms. The molecular weight excluding hydrogens is 218 g/mol. The fraction of sp³-hybridized carbons (Fsp3) is 1.00. The number of ether oxygens (including phenoxy) is 2. The van der Waals surface area contributed by atoms with Crippen molar-refractivity contribution >= 4 is 0 Å². The van der Waals surface area contributed by atoms with Crippen LogP contribution in [0.4, 0.5) is 26.3 Å². The Morgan fingerprint density at radius 2 is 1.50 bits per heavy atom. The van der Waals surface area contributed by atoms with Crippen molar-refractivity contribution in [1.29, 1.82) is 0 Å². The SMILES string of the molecule is CC(OCCOC(F)(F)F)C(F)(F)F. The standard InChI is InChI=1S/C6H8F6O2/c1-4(5(7,8)9)13-2-3-14-6(10,11)12/h4H,2-3H2,1H3. The summed E-state index contributed by atoms with van der Waals surface area (Å²) in [6.07, 6.45) is -11.5. The molecule has 0 radical (unpaired) electrons. The molecule has 0 amide bonds. The molecule has 0 saturated heterocycles. The topological polar surface area (TPSA) is 18.5 Å². The van der Waals surface area contributed by atoms with E-state index in [2.05, 4.69) is 9.47 Å². The van der Waals surface area contributed by atoms with Crippen molar-refractivity contribution in [1.82, 2.24) is 0 Å². The van der Waals surface area contributed by atoms with Gasteiger partial charge >= 0.3 is 12.5 Å². The Morgan fingerprint density at radius 1 is 1.00 bits per heavy atom. The van der Waals surface area contributed by atoms with Gasteiger partial charge in [0.1, 0.15) is 0 Å². The monoisotopic (exact) mass is 226 g/mol. The summed E-state index contributed by atoms with van der Waals surface area (Å²) in [5.74, 6) is 0. The van der Waals surface area contributed by atoms with Gasteiger partial charge < -0.3 is 4.74 Å². The largest absolute Gasteiger partial charge is 0.522 e. The fourth-order valence-corrected chi connectivity index (χ4v) is 0.477. The Labute approximate surface area is 75.8 Å². The van der Waals surface area contributed by atoms with Crippen molar-refractivity contribution in [3.05, 3.63) is 0 Å². The van der Waals surface area contributed by atoms with E-state index in [4.69, 9.17) is 0 Å². The van der Waals surface area contributed by atoms with Crippen molar-refractivity contribution in [2.24, 2.45) is 0 Å². The highest BCUT2D eigenvalue weighted by Crippen LogP contribution is 2.22. The lowest BCUT2D eigenvalue weighted by Gasteiger charge is -2.16. The average Bonchev–Trinajstić information content (AvgIpc) is 1.93. The Bertz CT molecular complexity index is 163. The van der Waals surface area contributed by atoms with Crippen LogP contribution in [0.1, 0.15) is 6.92 Å². The summed E-state index contributed by atoms with van der Waals surface area (Å²) >= 11 is 0. The highest BCUT2D eigenvalue weighted by atomic mass is 19.4. The molecular formula is C6H8F6O2. The number of alkyl halides is 6. The molecule has 0 rings (SSSR count). The summed E-state index contributed by atoms with van der Waals surface area (Å²) in [5, 5.41) is 0. The molecule has 0 spiro atoms. The third kappa shape index (κ3) is 6.96. The molecule has 0 fully saturated rings. The molecule has 0 saturated carbocycles. The van der Waals surface area contributed by atoms with Crippen molar-refractivity contribution < 1.29 is 35.8 Å². The number of rotatable bonds is 4. The third-order valence-electron chi connectivity index (χ3n) is 1.18. The van der Waals surface area contributed by atoms with Crippen LogP contribution in [0.25, 0.3) is 0 Å². The molecule has 1 unspecified atom stereocenters. The van der Waals surface area contributed by atoms with E-state index < -0.39 is 31.9 Å². The average molecular weight is 226 g/mol. The van der Waals surface area contributed by atoms with Gasteiger partial charge in [0.05, 0.1) is 13.2 Å². The second-order valence-corrected chi connectivity index (χ2v) is 2.35. The predicted octanol–water partition coefficient (Wildman–Crippen LogP) is 2.49. The van der Waals surface area contributed by atoms with E-state index in [-0.39, 0.29) is 0 Å². The summed E-state index contributed by atoms with van der Waals surface area (Å²) in [6.45, 7) is -1.02. The van der Waals surface area contributed by atoms with E-state index in [1.54, 1.807) is 0 Å². The fourth-order valence-electron chi connectivity index (χ4n) is 0.477. The van der Waals surface area contributed by atoms with E-state index in [9.17, 15) is 26.3 Å². The minimum absolute atomic E-state index is 0.702. The summed E-state index contributed by atoms with van der Waals surface area (Å²) in [6, 6.07) is 0.